The second kappa shape index (κ2) is 10.3. The van der Waals surface area contributed by atoms with E-state index in [0.717, 1.165) is 60.1 Å². The van der Waals surface area contributed by atoms with Crippen molar-refractivity contribution in [2.24, 2.45) is 0 Å². The first-order valence-corrected chi connectivity index (χ1v) is 12.9. The number of nitrogens with zero attached hydrogens (tertiary/aromatic N) is 5. The van der Waals surface area contributed by atoms with Crippen LogP contribution in [0.15, 0.2) is 29.1 Å². The summed E-state index contributed by atoms with van der Waals surface area (Å²) in [6.45, 7) is 2.81. The van der Waals surface area contributed by atoms with Gasteiger partial charge in [0.25, 0.3) is 5.56 Å². The molecule has 5 rings (SSSR count). The number of methoxy groups -OCH3 is 1. The molecule has 0 radical (unpaired) electrons. The van der Waals surface area contributed by atoms with Crippen molar-refractivity contribution < 1.29 is 4.74 Å². The molecule has 2 aromatic heterocycles. The Morgan fingerprint density at radius 3 is 2.62 bits per heavy atom. The van der Waals surface area contributed by atoms with Crippen LogP contribution in [0.3, 0.4) is 0 Å². The van der Waals surface area contributed by atoms with Gasteiger partial charge in [-0.05, 0) is 66.1 Å². The molecule has 0 saturated heterocycles. The Labute approximate surface area is 200 Å². The summed E-state index contributed by atoms with van der Waals surface area (Å²) < 4.78 is 7.42. The van der Waals surface area contributed by atoms with Crippen molar-refractivity contribution in [2.45, 2.75) is 95.8 Å². The Morgan fingerprint density at radius 1 is 1.12 bits per heavy atom. The zero-order valence-electron chi connectivity index (χ0n) is 20.4. The number of pyridine rings is 1. The van der Waals surface area contributed by atoms with Crippen LogP contribution in [0.4, 0.5) is 0 Å². The average molecular weight is 465 g/mol. The molecule has 34 heavy (non-hydrogen) atoms. The molecule has 0 unspecified atom stereocenters. The maximum absolute atomic E-state index is 13.1. The molecule has 1 aromatic carbocycles. The first-order valence-electron chi connectivity index (χ1n) is 12.9. The van der Waals surface area contributed by atoms with E-state index in [4.69, 9.17) is 4.74 Å². The van der Waals surface area contributed by atoms with Gasteiger partial charge in [-0.25, -0.2) is 4.68 Å². The summed E-state index contributed by atoms with van der Waals surface area (Å²) in [6.07, 6.45) is 11.8. The molecule has 0 amide bonds. The van der Waals surface area contributed by atoms with E-state index in [9.17, 15) is 4.79 Å². The molecule has 8 nitrogen and oxygen atoms in total. The summed E-state index contributed by atoms with van der Waals surface area (Å²) in [5, 5.41) is 14.1. The van der Waals surface area contributed by atoms with Crippen LogP contribution in [0.25, 0.3) is 10.9 Å². The fourth-order valence-corrected chi connectivity index (χ4v) is 5.97. The normalized spacial score (nSPS) is 18.7. The van der Waals surface area contributed by atoms with Crippen LogP contribution in [0, 0.1) is 0 Å². The molecular formula is C26H36N6O2. The molecule has 182 valence electrons. The Hall–Kier alpha value is -2.74. The molecule has 0 spiro atoms. The highest BCUT2D eigenvalue weighted by Crippen LogP contribution is 2.36. The van der Waals surface area contributed by atoms with Crippen molar-refractivity contribution in [1.82, 2.24) is 30.1 Å². The molecular weight excluding hydrogens is 428 g/mol. The van der Waals surface area contributed by atoms with Crippen molar-refractivity contribution in [3.63, 3.8) is 0 Å². The monoisotopic (exact) mass is 464 g/mol. The molecule has 8 heteroatoms. The van der Waals surface area contributed by atoms with E-state index < -0.39 is 0 Å². The summed E-state index contributed by atoms with van der Waals surface area (Å²) in [6, 6.07) is 8.77. The maximum Gasteiger partial charge on any atom is 0.252 e. The average Bonchev–Trinajstić information content (AvgIpc) is 3.57. The third kappa shape index (κ3) is 4.60. The minimum Gasteiger partial charge on any atom is -0.497 e. The number of nitrogens with one attached hydrogen (secondary N) is 1. The molecule has 2 saturated carbocycles. The van der Waals surface area contributed by atoms with Crippen molar-refractivity contribution in [3.8, 4) is 5.75 Å². The van der Waals surface area contributed by atoms with E-state index in [-0.39, 0.29) is 11.6 Å². The second-order valence-electron chi connectivity index (χ2n) is 9.89. The van der Waals surface area contributed by atoms with Crippen LogP contribution in [-0.4, -0.2) is 43.2 Å². The summed E-state index contributed by atoms with van der Waals surface area (Å²) in [7, 11) is 1.64. The third-order valence-electron chi connectivity index (χ3n) is 7.80. The van der Waals surface area contributed by atoms with Crippen LogP contribution >= 0.6 is 0 Å². The second-order valence-corrected chi connectivity index (χ2v) is 9.89. The van der Waals surface area contributed by atoms with Gasteiger partial charge in [-0.1, -0.05) is 39.0 Å². The van der Waals surface area contributed by atoms with Gasteiger partial charge in [0.1, 0.15) is 5.75 Å². The van der Waals surface area contributed by atoms with Crippen LogP contribution in [-0.2, 0) is 6.54 Å². The maximum atomic E-state index is 13.1. The standard InChI is InChI=1S/C26H36N6O2/c1-3-24(25-28-29-30-32(25)21-11-5-4-6-12-21)31(20-9-7-8-10-20)17-19-15-18-13-14-22(34-2)16-23(18)27-26(19)33/h13-16,20-21,24H,3-12,17H2,1-2H3,(H,27,33)/t24-/m1/s1. The van der Waals surface area contributed by atoms with Gasteiger partial charge in [-0.2, -0.15) is 0 Å². The summed E-state index contributed by atoms with van der Waals surface area (Å²) in [4.78, 5) is 18.7. The number of aromatic amines is 1. The van der Waals surface area contributed by atoms with Gasteiger partial charge in [0, 0.05) is 24.2 Å². The molecule has 0 bridgehead atoms. The van der Waals surface area contributed by atoms with Crippen LogP contribution in [0.5, 0.6) is 5.75 Å². The summed E-state index contributed by atoms with van der Waals surface area (Å²) in [5.74, 6) is 1.70. The quantitative estimate of drug-likeness (QED) is 0.509. The van der Waals surface area contributed by atoms with Gasteiger partial charge in [0.2, 0.25) is 0 Å². The van der Waals surface area contributed by atoms with Crippen molar-refractivity contribution in [1.29, 1.82) is 0 Å². The van der Waals surface area contributed by atoms with Gasteiger partial charge in [-0.3, -0.25) is 9.69 Å². The van der Waals surface area contributed by atoms with Crippen LogP contribution in [0.2, 0.25) is 0 Å². The van der Waals surface area contributed by atoms with E-state index in [0.29, 0.717) is 18.6 Å². The Balaban J connectivity index is 1.49. The molecule has 2 aliphatic carbocycles. The lowest BCUT2D eigenvalue weighted by Gasteiger charge is -2.36. The summed E-state index contributed by atoms with van der Waals surface area (Å²) >= 11 is 0. The molecule has 2 heterocycles. The zero-order valence-corrected chi connectivity index (χ0v) is 20.4. The first kappa shape index (κ1) is 23.0. The van der Waals surface area contributed by atoms with E-state index in [1.165, 1.54) is 32.1 Å². The molecule has 2 aliphatic rings. The number of ether oxygens (including phenoxy) is 1. The predicted molar refractivity (Wildman–Crippen MR) is 132 cm³/mol. The van der Waals surface area contributed by atoms with E-state index in [1.54, 1.807) is 7.11 Å². The van der Waals surface area contributed by atoms with E-state index >= 15 is 0 Å². The van der Waals surface area contributed by atoms with Crippen LogP contribution < -0.4 is 10.3 Å². The van der Waals surface area contributed by atoms with Gasteiger partial charge in [0.05, 0.1) is 24.7 Å². The minimum atomic E-state index is -0.0366. The Kier molecular flexibility index (Phi) is 6.94. The fraction of sp³-hybridized carbons (Fsp3) is 0.615. The first-order chi connectivity index (χ1) is 16.7. The number of H-pyrrole nitrogens is 1. The third-order valence-corrected chi connectivity index (χ3v) is 7.80. The molecule has 2 fully saturated rings. The predicted octanol–water partition coefficient (Wildman–Crippen LogP) is 4.92. The topological polar surface area (TPSA) is 88.9 Å². The number of hydrogen-bond donors (Lipinski definition) is 1. The molecule has 1 N–H and O–H groups in total. The highest BCUT2D eigenvalue weighted by molar-refractivity contribution is 5.80. The minimum absolute atomic E-state index is 0.0366. The molecule has 0 aliphatic heterocycles. The summed E-state index contributed by atoms with van der Waals surface area (Å²) in [5.41, 5.74) is 1.55. The largest absolute Gasteiger partial charge is 0.497 e. The van der Waals surface area contributed by atoms with E-state index in [2.05, 4.69) is 37.0 Å². The van der Waals surface area contributed by atoms with Crippen molar-refractivity contribution in [3.05, 3.63) is 46.0 Å². The highest BCUT2D eigenvalue weighted by atomic mass is 16.5. The van der Waals surface area contributed by atoms with Crippen LogP contribution in [0.1, 0.15) is 94.6 Å². The number of benzene rings is 1. The number of rotatable bonds is 8. The van der Waals surface area contributed by atoms with Gasteiger partial charge in [-0.15, -0.1) is 5.10 Å². The Bertz CT molecular complexity index is 1160. The van der Waals surface area contributed by atoms with Gasteiger partial charge < -0.3 is 9.72 Å². The van der Waals surface area contributed by atoms with Gasteiger partial charge in [0.15, 0.2) is 5.82 Å². The van der Waals surface area contributed by atoms with Crippen molar-refractivity contribution >= 4 is 10.9 Å². The SMILES string of the molecule is CC[C@H](c1nnnn1C1CCCCC1)N(Cc1cc2ccc(OC)cc2[nH]c1=O)C1CCCC1. The Morgan fingerprint density at radius 2 is 1.88 bits per heavy atom. The smallest absolute Gasteiger partial charge is 0.252 e. The molecule has 1 atom stereocenters. The lowest BCUT2D eigenvalue weighted by atomic mass is 9.95. The number of tetrazole rings is 1. The zero-order chi connectivity index (χ0) is 23.5. The fourth-order valence-electron chi connectivity index (χ4n) is 5.97. The van der Waals surface area contributed by atoms with Crippen molar-refractivity contribution in [2.75, 3.05) is 7.11 Å². The lowest BCUT2D eigenvalue weighted by molar-refractivity contribution is 0.109. The van der Waals surface area contributed by atoms with E-state index in [1.807, 2.05) is 24.3 Å². The highest BCUT2D eigenvalue weighted by Gasteiger charge is 2.34. The number of aromatic nitrogens is 5. The lowest BCUT2D eigenvalue weighted by Crippen LogP contribution is -2.39. The molecule has 3 aromatic rings. The number of fused-ring (bicyclic) bond motifs is 1. The van der Waals surface area contributed by atoms with Gasteiger partial charge >= 0.3 is 0 Å². The number of hydrogen-bond acceptors (Lipinski definition) is 6.